The van der Waals surface area contributed by atoms with Crippen LogP contribution in [0.2, 0.25) is 0 Å². The van der Waals surface area contributed by atoms with Crippen molar-refractivity contribution < 1.29 is 5.11 Å². The Morgan fingerprint density at radius 2 is 1.82 bits per heavy atom. The van der Waals surface area contributed by atoms with Crippen LogP contribution in [0.1, 0.15) is 17.2 Å². The first-order valence-corrected chi connectivity index (χ1v) is 7.41. The van der Waals surface area contributed by atoms with Crippen molar-refractivity contribution in [3.05, 3.63) is 78.2 Å². The lowest BCUT2D eigenvalue weighted by Crippen LogP contribution is -2.33. The maximum absolute atomic E-state index is 10.5. The molecular formula is C18H17N3O. The Morgan fingerprint density at radius 3 is 2.68 bits per heavy atom. The van der Waals surface area contributed by atoms with Gasteiger partial charge in [-0.3, -0.25) is 4.57 Å². The van der Waals surface area contributed by atoms with Crippen molar-refractivity contribution in [3.63, 3.8) is 0 Å². The van der Waals surface area contributed by atoms with Crippen molar-refractivity contribution in [2.45, 2.75) is 12.6 Å². The molecule has 110 valence electrons. The molecule has 1 aromatic heterocycles. The van der Waals surface area contributed by atoms with Gasteiger partial charge in [0.05, 0.1) is 18.0 Å². The summed E-state index contributed by atoms with van der Waals surface area (Å²) >= 11 is 0. The minimum Gasteiger partial charge on any atom is -0.387 e. The topological polar surface area (TPSA) is 41.3 Å². The normalized spacial score (nSPS) is 14.3. The lowest BCUT2D eigenvalue weighted by Gasteiger charge is -2.32. The average molecular weight is 291 g/mol. The number of hydrogen-bond donors (Lipinski definition) is 1. The fourth-order valence-corrected chi connectivity index (χ4v) is 3.02. The van der Waals surface area contributed by atoms with Gasteiger partial charge in [0.15, 0.2) is 0 Å². The SMILES string of the molecule is OC(CN1Cc2ccccc2-n2cncc21)c1ccccc1. The minimum atomic E-state index is -0.519. The Labute approximate surface area is 129 Å². The standard InChI is InChI=1S/C18H17N3O/c22-17(14-6-2-1-3-7-14)12-20-11-15-8-4-5-9-16(15)21-13-19-10-18(20)21/h1-10,13,17,22H,11-12H2. The molecule has 1 aliphatic heterocycles. The summed E-state index contributed by atoms with van der Waals surface area (Å²) in [4.78, 5) is 6.45. The molecule has 0 aliphatic carbocycles. The Bertz CT molecular complexity index is 782. The third kappa shape index (κ3) is 2.18. The largest absolute Gasteiger partial charge is 0.387 e. The maximum Gasteiger partial charge on any atom is 0.133 e. The predicted molar refractivity (Wildman–Crippen MR) is 86.0 cm³/mol. The number of imidazole rings is 1. The number of nitrogens with zero attached hydrogens (tertiary/aromatic N) is 3. The Kier molecular flexibility index (Phi) is 3.16. The molecule has 0 bridgehead atoms. The van der Waals surface area contributed by atoms with Crippen LogP contribution in [0.4, 0.5) is 5.82 Å². The predicted octanol–water partition coefficient (Wildman–Crippen LogP) is 2.93. The first-order chi connectivity index (χ1) is 10.8. The number of aliphatic hydroxyl groups excluding tert-OH is 1. The number of aliphatic hydroxyl groups is 1. The van der Waals surface area contributed by atoms with Crippen LogP contribution in [0.3, 0.4) is 0 Å². The van der Waals surface area contributed by atoms with Crippen LogP contribution in [0, 0.1) is 0 Å². The van der Waals surface area contributed by atoms with E-state index < -0.39 is 6.10 Å². The van der Waals surface area contributed by atoms with Crippen molar-refractivity contribution in [1.82, 2.24) is 9.55 Å². The van der Waals surface area contributed by atoms with E-state index in [1.807, 2.05) is 55.0 Å². The van der Waals surface area contributed by atoms with Crippen molar-refractivity contribution in [2.24, 2.45) is 0 Å². The van der Waals surface area contributed by atoms with Gasteiger partial charge in [0, 0.05) is 13.1 Å². The lowest BCUT2D eigenvalue weighted by atomic mass is 10.1. The zero-order valence-corrected chi connectivity index (χ0v) is 12.1. The Morgan fingerprint density at radius 1 is 1.05 bits per heavy atom. The molecule has 0 radical (unpaired) electrons. The maximum atomic E-state index is 10.5. The molecule has 1 atom stereocenters. The zero-order valence-electron chi connectivity index (χ0n) is 12.1. The molecule has 22 heavy (non-hydrogen) atoms. The Balaban J connectivity index is 1.65. The molecule has 0 saturated heterocycles. The van der Waals surface area contributed by atoms with E-state index in [0.29, 0.717) is 6.54 Å². The van der Waals surface area contributed by atoms with E-state index >= 15 is 0 Å². The Hall–Kier alpha value is -2.59. The van der Waals surface area contributed by atoms with E-state index in [-0.39, 0.29) is 0 Å². The van der Waals surface area contributed by atoms with E-state index in [1.54, 1.807) is 0 Å². The average Bonchev–Trinajstić information content (AvgIpc) is 3.06. The first kappa shape index (κ1) is 13.1. The van der Waals surface area contributed by atoms with E-state index in [2.05, 4.69) is 26.6 Å². The lowest BCUT2D eigenvalue weighted by molar-refractivity contribution is 0.182. The van der Waals surface area contributed by atoms with Crippen LogP contribution >= 0.6 is 0 Å². The van der Waals surface area contributed by atoms with Gasteiger partial charge in [-0.15, -0.1) is 0 Å². The van der Waals surface area contributed by atoms with Crippen molar-refractivity contribution in [3.8, 4) is 5.69 Å². The fourth-order valence-electron chi connectivity index (χ4n) is 3.02. The first-order valence-electron chi connectivity index (χ1n) is 7.41. The van der Waals surface area contributed by atoms with Gasteiger partial charge >= 0.3 is 0 Å². The summed E-state index contributed by atoms with van der Waals surface area (Å²) in [7, 11) is 0. The van der Waals surface area contributed by atoms with Crippen LogP contribution < -0.4 is 4.90 Å². The third-order valence-corrected chi connectivity index (χ3v) is 4.13. The fraction of sp³-hybridized carbons (Fsp3) is 0.167. The number of fused-ring (bicyclic) bond motifs is 3. The second-order valence-electron chi connectivity index (χ2n) is 5.56. The number of para-hydroxylation sites is 1. The number of benzene rings is 2. The van der Waals surface area contributed by atoms with E-state index in [4.69, 9.17) is 0 Å². The molecule has 3 aromatic rings. The van der Waals surface area contributed by atoms with Crippen LogP contribution in [0.25, 0.3) is 5.69 Å². The van der Waals surface area contributed by atoms with Gasteiger partial charge in [-0.25, -0.2) is 4.98 Å². The van der Waals surface area contributed by atoms with Crippen molar-refractivity contribution >= 4 is 5.82 Å². The van der Waals surface area contributed by atoms with E-state index in [1.165, 1.54) is 11.3 Å². The second-order valence-corrected chi connectivity index (χ2v) is 5.56. The number of aromatic nitrogens is 2. The summed E-state index contributed by atoms with van der Waals surface area (Å²) in [5.74, 6) is 1.02. The third-order valence-electron chi connectivity index (χ3n) is 4.13. The molecule has 4 nitrogen and oxygen atoms in total. The summed E-state index contributed by atoms with van der Waals surface area (Å²) in [6.45, 7) is 1.33. The summed E-state index contributed by atoms with van der Waals surface area (Å²) in [5, 5.41) is 10.5. The van der Waals surface area contributed by atoms with Crippen LogP contribution in [0.5, 0.6) is 0 Å². The second kappa shape index (κ2) is 5.31. The summed E-state index contributed by atoms with van der Waals surface area (Å²) in [6, 6.07) is 18.1. The molecule has 0 spiro atoms. The molecule has 2 heterocycles. The monoisotopic (exact) mass is 291 g/mol. The highest BCUT2D eigenvalue weighted by molar-refractivity contribution is 5.56. The molecule has 4 rings (SSSR count). The molecule has 4 heteroatoms. The number of anilines is 1. The molecule has 0 fully saturated rings. The van der Waals surface area contributed by atoms with Crippen LogP contribution in [0.15, 0.2) is 67.1 Å². The number of β-amino-alcohol motifs (C(OH)–C–C–N with tert-alkyl or cyclic N) is 1. The smallest absolute Gasteiger partial charge is 0.133 e. The zero-order chi connectivity index (χ0) is 14.9. The van der Waals surface area contributed by atoms with Gasteiger partial charge in [0.25, 0.3) is 0 Å². The van der Waals surface area contributed by atoms with Crippen molar-refractivity contribution in [2.75, 3.05) is 11.4 Å². The summed E-state index contributed by atoms with van der Waals surface area (Å²) in [6.07, 6.45) is 3.16. The quantitative estimate of drug-likeness (QED) is 0.806. The molecule has 1 N–H and O–H groups in total. The number of hydrogen-bond acceptors (Lipinski definition) is 3. The summed E-state index contributed by atoms with van der Waals surface area (Å²) in [5.41, 5.74) is 3.35. The van der Waals surface area contributed by atoms with Gasteiger partial charge in [-0.05, 0) is 17.2 Å². The number of rotatable bonds is 3. The van der Waals surface area contributed by atoms with Gasteiger partial charge in [-0.1, -0.05) is 48.5 Å². The summed E-state index contributed by atoms with van der Waals surface area (Å²) < 4.78 is 2.08. The minimum absolute atomic E-state index is 0.519. The molecule has 0 saturated carbocycles. The molecule has 2 aromatic carbocycles. The molecule has 1 aliphatic rings. The van der Waals surface area contributed by atoms with Crippen LogP contribution in [-0.2, 0) is 6.54 Å². The van der Waals surface area contributed by atoms with Gasteiger partial charge in [0.2, 0.25) is 0 Å². The molecule has 0 amide bonds. The molecule has 1 unspecified atom stereocenters. The van der Waals surface area contributed by atoms with E-state index in [0.717, 1.165) is 17.9 Å². The van der Waals surface area contributed by atoms with Crippen LogP contribution in [-0.4, -0.2) is 21.2 Å². The molecular weight excluding hydrogens is 274 g/mol. The van der Waals surface area contributed by atoms with Gasteiger partial charge in [-0.2, -0.15) is 0 Å². The highest BCUT2D eigenvalue weighted by Gasteiger charge is 2.23. The van der Waals surface area contributed by atoms with Gasteiger partial charge < -0.3 is 10.0 Å². The highest BCUT2D eigenvalue weighted by Crippen LogP contribution is 2.31. The van der Waals surface area contributed by atoms with Gasteiger partial charge in [0.1, 0.15) is 12.1 Å². The highest BCUT2D eigenvalue weighted by atomic mass is 16.3. The van der Waals surface area contributed by atoms with E-state index in [9.17, 15) is 5.11 Å². The van der Waals surface area contributed by atoms with Crippen molar-refractivity contribution in [1.29, 1.82) is 0 Å².